The van der Waals surface area contributed by atoms with Crippen LogP contribution < -0.4 is 19.7 Å². The molecule has 0 fully saturated rings. The molecule has 1 unspecified atom stereocenters. The third-order valence-corrected chi connectivity index (χ3v) is 7.60. The molecule has 3 aromatic carbocycles. The summed E-state index contributed by atoms with van der Waals surface area (Å²) in [6.07, 6.45) is -3.87. The zero-order chi connectivity index (χ0) is 30.8. The maximum Gasteiger partial charge on any atom is 0.416 e. The highest BCUT2D eigenvalue weighted by atomic mass is 35.5. The van der Waals surface area contributed by atoms with Gasteiger partial charge in [-0.25, -0.2) is 0 Å². The summed E-state index contributed by atoms with van der Waals surface area (Å²) in [6.45, 7) is 4.98. The minimum Gasteiger partial charge on any atom is -0.497 e. The first-order valence-electron chi connectivity index (χ1n) is 13.3. The molecule has 2 N–H and O–H groups in total. The number of carbonyl (C=O) groups excluding carboxylic acids is 1. The Bertz CT molecular complexity index is 1470. The number of carbonyl (C=O) groups is 2. The van der Waals surface area contributed by atoms with Gasteiger partial charge < -0.3 is 24.8 Å². The van der Waals surface area contributed by atoms with Crippen LogP contribution in [-0.4, -0.2) is 37.2 Å². The number of halogens is 4. The standard InChI is InChI=1S/C31H32ClF3N2O5/c1-18-13-20-9-11-37(26(20)17-25(18)31(33,34)35)28(38)27(19-5-7-21(32)8-6-19)36-22-14-23(41-4)16-24(15-22)42-12-10-30(2,3)29(39)40/h5-8,13-17,27,36H,9-12H2,1-4H3,(H,39,40). The van der Waals surface area contributed by atoms with Gasteiger partial charge in [0.25, 0.3) is 5.91 Å². The predicted molar refractivity (Wildman–Crippen MR) is 155 cm³/mol. The second-order valence-electron chi connectivity index (χ2n) is 10.8. The van der Waals surface area contributed by atoms with Gasteiger partial charge in [0.2, 0.25) is 0 Å². The average molecular weight is 605 g/mol. The lowest BCUT2D eigenvalue weighted by Gasteiger charge is -2.27. The molecule has 11 heteroatoms. The largest absolute Gasteiger partial charge is 0.497 e. The molecule has 0 bridgehead atoms. The molecule has 3 aromatic rings. The minimum absolute atomic E-state index is 0.110. The van der Waals surface area contributed by atoms with Gasteiger partial charge >= 0.3 is 12.1 Å². The molecule has 0 saturated heterocycles. The van der Waals surface area contributed by atoms with Gasteiger partial charge in [0, 0.05) is 41.1 Å². The number of carboxylic acid groups (broad SMARTS) is 1. The number of alkyl halides is 3. The van der Waals surface area contributed by atoms with Crippen molar-refractivity contribution < 1.29 is 37.3 Å². The highest BCUT2D eigenvalue weighted by Crippen LogP contribution is 2.40. The van der Waals surface area contributed by atoms with Crippen molar-refractivity contribution in [1.82, 2.24) is 0 Å². The Morgan fingerprint density at radius 3 is 2.36 bits per heavy atom. The topological polar surface area (TPSA) is 88.1 Å². The quantitative estimate of drug-likeness (QED) is 0.253. The number of nitrogens with one attached hydrogen (secondary N) is 1. The van der Waals surface area contributed by atoms with Gasteiger partial charge in [-0.2, -0.15) is 13.2 Å². The molecule has 0 spiro atoms. The van der Waals surface area contributed by atoms with Crippen LogP contribution in [0.2, 0.25) is 5.02 Å². The first kappa shape index (κ1) is 31.0. The van der Waals surface area contributed by atoms with Crippen LogP contribution in [0.1, 0.15) is 48.6 Å². The number of carboxylic acids is 1. The van der Waals surface area contributed by atoms with Crippen molar-refractivity contribution >= 4 is 34.9 Å². The first-order valence-corrected chi connectivity index (χ1v) is 13.7. The van der Waals surface area contributed by atoms with Crippen molar-refractivity contribution in [1.29, 1.82) is 0 Å². The van der Waals surface area contributed by atoms with Gasteiger partial charge in [0.15, 0.2) is 0 Å². The molecule has 0 aromatic heterocycles. The van der Waals surface area contributed by atoms with Crippen molar-refractivity contribution in [2.75, 3.05) is 30.5 Å². The fourth-order valence-corrected chi connectivity index (χ4v) is 4.87. The van der Waals surface area contributed by atoms with Gasteiger partial charge in [0.1, 0.15) is 17.5 Å². The number of hydrogen-bond acceptors (Lipinski definition) is 5. The summed E-state index contributed by atoms with van der Waals surface area (Å²) < 4.78 is 52.4. The molecule has 7 nitrogen and oxygen atoms in total. The molecule has 1 heterocycles. The molecule has 4 rings (SSSR count). The van der Waals surface area contributed by atoms with Gasteiger partial charge in [-0.15, -0.1) is 0 Å². The lowest BCUT2D eigenvalue weighted by atomic mass is 9.90. The molecule has 42 heavy (non-hydrogen) atoms. The van der Waals surface area contributed by atoms with Gasteiger partial charge in [0.05, 0.1) is 24.7 Å². The Hall–Kier alpha value is -3.92. The van der Waals surface area contributed by atoms with E-state index in [4.69, 9.17) is 21.1 Å². The lowest BCUT2D eigenvalue weighted by molar-refractivity contribution is -0.147. The predicted octanol–water partition coefficient (Wildman–Crippen LogP) is 7.30. The maximum atomic E-state index is 14.1. The van der Waals surface area contributed by atoms with Crippen molar-refractivity contribution in [2.45, 2.75) is 45.8 Å². The number of methoxy groups -OCH3 is 1. The summed E-state index contributed by atoms with van der Waals surface area (Å²) in [7, 11) is 1.47. The van der Waals surface area contributed by atoms with Crippen LogP contribution in [0.5, 0.6) is 11.5 Å². The number of aliphatic carboxylic acids is 1. The fourth-order valence-electron chi connectivity index (χ4n) is 4.75. The van der Waals surface area contributed by atoms with Crippen LogP contribution in [0.15, 0.2) is 54.6 Å². The Balaban J connectivity index is 1.66. The summed E-state index contributed by atoms with van der Waals surface area (Å²) in [5.41, 5.74) is 0.252. The van der Waals surface area contributed by atoms with Crippen LogP contribution in [0.4, 0.5) is 24.5 Å². The average Bonchev–Trinajstić information content (AvgIpc) is 3.33. The molecule has 0 aliphatic carbocycles. The number of amides is 1. The minimum atomic E-state index is -4.55. The number of rotatable bonds is 10. The third-order valence-electron chi connectivity index (χ3n) is 7.34. The van der Waals surface area contributed by atoms with E-state index in [1.54, 1.807) is 56.3 Å². The van der Waals surface area contributed by atoms with E-state index in [9.17, 15) is 27.9 Å². The Morgan fingerprint density at radius 1 is 1.07 bits per heavy atom. The molecular weight excluding hydrogens is 573 g/mol. The Labute approximate surface area is 247 Å². The molecule has 1 amide bonds. The monoisotopic (exact) mass is 604 g/mol. The number of nitrogens with zero attached hydrogens (tertiary/aromatic N) is 1. The molecule has 0 saturated carbocycles. The smallest absolute Gasteiger partial charge is 0.416 e. The summed E-state index contributed by atoms with van der Waals surface area (Å²) in [4.78, 5) is 26.9. The zero-order valence-corrected chi connectivity index (χ0v) is 24.4. The van der Waals surface area contributed by atoms with E-state index in [0.717, 1.165) is 6.07 Å². The summed E-state index contributed by atoms with van der Waals surface area (Å²) in [5.74, 6) is -0.574. The second kappa shape index (κ2) is 12.1. The van der Waals surface area contributed by atoms with Crippen LogP contribution in [0, 0.1) is 12.3 Å². The highest BCUT2D eigenvalue weighted by Gasteiger charge is 2.37. The Kier molecular flexibility index (Phi) is 8.96. The van der Waals surface area contributed by atoms with E-state index in [1.165, 1.54) is 25.0 Å². The van der Waals surface area contributed by atoms with Crippen molar-refractivity contribution in [2.24, 2.45) is 5.41 Å². The van der Waals surface area contributed by atoms with Crippen LogP contribution >= 0.6 is 11.6 Å². The summed E-state index contributed by atoms with van der Waals surface area (Å²) in [6, 6.07) is 13.1. The number of ether oxygens (including phenoxy) is 2. The number of hydrogen-bond donors (Lipinski definition) is 2. The van der Waals surface area contributed by atoms with Crippen molar-refractivity contribution in [3.05, 3.63) is 81.9 Å². The van der Waals surface area contributed by atoms with Crippen molar-refractivity contribution in [3.63, 3.8) is 0 Å². The number of fused-ring (bicyclic) bond motifs is 1. The van der Waals surface area contributed by atoms with Gasteiger partial charge in [-0.3, -0.25) is 9.59 Å². The summed E-state index contributed by atoms with van der Waals surface area (Å²) >= 11 is 6.09. The number of benzene rings is 3. The third kappa shape index (κ3) is 6.92. The van der Waals surface area contributed by atoms with E-state index < -0.39 is 35.1 Å². The van der Waals surface area contributed by atoms with Crippen LogP contribution in [0.3, 0.4) is 0 Å². The van der Waals surface area contributed by atoms with Crippen molar-refractivity contribution in [3.8, 4) is 11.5 Å². The summed E-state index contributed by atoms with van der Waals surface area (Å²) in [5, 5.41) is 13.0. The molecule has 1 atom stereocenters. The SMILES string of the molecule is COc1cc(NC(C(=O)N2CCc3cc(C)c(C(F)(F)F)cc32)c2ccc(Cl)cc2)cc(OCCC(C)(C)C(=O)O)c1. The second-order valence-corrected chi connectivity index (χ2v) is 11.3. The van der Waals surface area contributed by atoms with Gasteiger partial charge in [-0.1, -0.05) is 29.8 Å². The molecule has 224 valence electrons. The lowest BCUT2D eigenvalue weighted by Crippen LogP contribution is -2.37. The van der Waals surface area contributed by atoms with E-state index in [0.29, 0.717) is 39.8 Å². The number of aryl methyl sites for hydroxylation is 1. The number of anilines is 2. The van der Waals surface area contributed by atoms with Crippen LogP contribution in [0.25, 0.3) is 0 Å². The zero-order valence-electron chi connectivity index (χ0n) is 23.6. The maximum absolute atomic E-state index is 14.1. The van der Waals surface area contributed by atoms with E-state index in [-0.39, 0.29) is 30.8 Å². The van der Waals surface area contributed by atoms with E-state index in [1.807, 2.05) is 0 Å². The van der Waals surface area contributed by atoms with Gasteiger partial charge in [-0.05, 0) is 68.5 Å². The van der Waals surface area contributed by atoms with E-state index in [2.05, 4.69) is 5.32 Å². The first-order chi connectivity index (χ1) is 19.7. The Morgan fingerprint density at radius 2 is 1.74 bits per heavy atom. The molecular formula is C31H32ClF3N2O5. The molecule has 1 aliphatic heterocycles. The van der Waals surface area contributed by atoms with E-state index >= 15 is 0 Å². The fraction of sp³-hybridized carbons (Fsp3) is 0.355. The van der Waals surface area contributed by atoms with Crippen LogP contribution in [-0.2, 0) is 22.2 Å². The highest BCUT2D eigenvalue weighted by molar-refractivity contribution is 6.30. The molecule has 1 aliphatic rings. The normalized spacial score (nSPS) is 13.9. The molecule has 0 radical (unpaired) electrons.